The number of aryl methyl sites for hydroxylation is 1. The summed E-state index contributed by atoms with van der Waals surface area (Å²) < 4.78 is 18.5. The van der Waals surface area contributed by atoms with Crippen LogP contribution in [0.2, 0.25) is 5.02 Å². The Labute approximate surface area is 211 Å². The van der Waals surface area contributed by atoms with Gasteiger partial charge in [-0.1, -0.05) is 11.6 Å². The maximum atomic E-state index is 13.6. The summed E-state index contributed by atoms with van der Waals surface area (Å²) in [5.74, 6) is -0.120. The molecule has 1 aliphatic heterocycles. The number of fused-ring (bicyclic) bond motifs is 1. The summed E-state index contributed by atoms with van der Waals surface area (Å²) in [5, 5.41) is 6.41. The van der Waals surface area contributed by atoms with Crippen LogP contribution >= 0.6 is 11.6 Å². The van der Waals surface area contributed by atoms with E-state index in [1.54, 1.807) is 12.0 Å². The van der Waals surface area contributed by atoms with Crippen molar-refractivity contribution < 1.29 is 23.8 Å². The fourth-order valence-corrected chi connectivity index (χ4v) is 4.45. The molecule has 0 N–H and O–H groups in total. The molecule has 0 spiro atoms. The van der Waals surface area contributed by atoms with Crippen LogP contribution in [-0.2, 0) is 32.1 Å². The van der Waals surface area contributed by atoms with E-state index in [-0.39, 0.29) is 18.5 Å². The van der Waals surface area contributed by atoms with Crippen LogP contribution in [0.25, 0.3) is 10.9 Å². The molecule has 0 radical (unpaired) electrons. The van der Waals surface area contributed by atoms with Gasteiger partial charge in [0.1, 0.15) is 5.60 Å². The molecule has 2 aromatic rings. The lowest BCUT2D eigenvalue weighted by Gasteiger charge is -2.35. The molecule has 10 heteroatoms. The van der Waals surface area contributed by atoms with Gasteiger partial charge in [-0.15, -0.1) is 0 Å². The van der Waals surface area contributed by atoms with E-state index in [9.17, 15) is 9.59 Å². The number of ether oxygens (including phenoxy) is 3. The Morgan fingerprint density at radius 1 is 1.29 bits per heavy atom. The van der Waals surface area contributed by atoms with Gasteiger partial charge in [-0.3, -0.25) is 9.48 Å². The Morgan fingerprint density at radius 2 is 2.06 bits per heavy atom. The highest BCUT2D eigenvalue weighted by atomic mass is 35.5. The number of carbonyl (C=O) groups is 2. The fraction of sp³-hybridized carbons (Fsp3) is 0.640. The Bertz CT molecular complexity index is 1060. The van der Waals surface area contributed by atoms with E-state index < -0.39 is 17.8 Å². The summed E-state index contributed by atoms with van der Waals surface area (Å²) in [7, 11) is 1.68. The van der Waals surface area contributed by atoms with Gasteiger partial charge in [-0.05, 0) is 58.2 Å². The van der Waals surface area contributed by atoms with Crippen LogP contribution in [0.15, 0.2) is 18.2 Å². The van der Waals surface area contributed by atoms with Gasteiger partial charge in [0, 0.05) is 43.3 Å². The zero-order valence-corrected chi connectivity index (χ0v) is 21.7. The maximum Gasteiger partial charge on any atom is 0.410 e. The Morgan fingerprint density at radius 3 is 2.74 bits per heavy atom. The normalized spacial score (nSPS) is 18.7. The van der Waals surface area contributed by atoms with Gasteiger partial charge in [-0.25, -0.2) is 4.79 Å². The lowest BCUT2D eigenvalue weighted by molar-refractivity contribution is -0.150. The molecule has 9 nitrogen and oxygen atoms in total. The standard InChI is InChI=1S/C25H35ClN4O5/c1-25(2,3)35-24(32)28-11-13-34-22(16-28)23(31)29(18-7-8-18)15-20-19-14-17(26)6-9-21(19)30(27-20)10-5-12-33-4/h6,9,14,18,22H,5,7-8,10-13,15-16H2,1-4H3/t22-/m1/s1. The molecule has 1 saturated carbocycles. The molecule has 2 aliphatic rings. The Hall–Kier alpha value is -2.36. The van der Waals surface area contributed by atoms with Crippen molar-refractivity contribution in [3.05, 3.63) is 28.9 Å². The third kappa shape index (κ3) is 6.45. The van der Waals surface area contributed by atoms with Crippen molar-refractivity contribution in [2.45, 2.75) is 70.9 Å². The predicted octanol–water partition coefficient (Wildman–Crippen LogP) is 3.85. The molecule has 2 fully saturated rings. The molecule has 2 heterocycles. The third-order valence-electron chi connectivity index (χ3n) is 6.09. The van der Waals surface area contributed by atoms with Crippen LogP contribution in [0.3, 0.4) is 0 Å². The first kappa shape index (κ1) is 25.7. The molecular formula is C25H35ClN4O5. The van der Waals surface area contributed by atoms with Crippen molar-refractivity contribution in [2.24, 2.45) is 0 Å². The average molecular weight is 507 g/mol. The van der Waals surface area contributed by atoms with Crippen molar-refractivity contribution in [3.8, 4) is 0 Å². The smallest absolute Gasteiger partial charge is 0.410 e. The molecule has 1 aliphatic carbocycles. The van der Waals surface area contributed by atoms with E-state index in [4.69, 9.17) is 30.9 Å². The number of methoxy groups -OCH3 is 1. The third-order valence-corrected chi connectivity index (χ3v) is 6.33. The van der Waals surface area contributed by atoms with E-state index in [1.165, 1.54) is 0 Å². The zero-order valence-electron chi connectivity index (χ0n) is 21.0. The summed E-state index contributed by atoms with van der Waals surface area (Å²) in [6.07, 6.45) is 1.57. The second-order valence-corrected chi connectivity index (χ2v) is 10.6. The van der Waals surface area contributed by atoms with E-state index in [2.05, 4.69) is 0 Å². The number of nitrogens with zero attached hydrogens (tertiary/aromatic N) is 4. The second-order valence-electron chi connectivity index (χ2n) is 10.2. The highest BCUT2D eigenvalue weighted by molar-refractivity contribution is 6.31. The summed E-state index contributed by atoms with van der Waals surface area (Å²) in [5.41, 5.74) is 1.19. The molecule has 35 heavy (non-hydrogen) atoms. The van der Waals surface area contributed by atoms with Crippen molar-refractivity contribution in [1.29, 1.82) is 0 Å². The molecule has 1 aromatic carbocycles. The lowest BCUT2D eigenvalue weighted by Crippen LogP contribution is -2.53. The summed E-state index contributed by atoms with van der Waals surface area (Å²) >= 11 is 6.31. The Kier molecular flexibility index (Phi) is 7.88. The molecule has 0 unspecified atom stereocenters. The maximum absolute atomic E-state index is 13.6. The number of benzene rings is 1. The molecule has 1 saturated heterocycles. The monoisotopic (exact) mass is 506 g/mol. The topological polar surface area (TPSA) is 86.1 Å². The van der Waals surface area contributed by atoms with E-state index >= 15 is 0 Å². The molecule has 1 atom stereocenters. The van der Waals surface area contributed by atoms with Gasteiger partial charge in [0.25, 0.3) is 5.91 Å². The largest absolute Gasteiger partial charge is 0.444 e. The molecular weight excluding hydrogens is 472 g/mol. The van der Waals surface area contributed by atoms with E-state index in [0.29, 0.717) is 37.9 Å². The highest BCUT2D eigenvalue weighted by Gasteiger charge is 2.40. The summed E-state index contributed by atoms with van der Waals surface area (Å²) in [6, 6.07) is 5.87. The zero-order chi connectivity index (χ0) is 25.2. The van der Waals surface area contributed by atoms with Gasteiger partial charge >= 0.3 is 6.09 Å². The quantitative estimate of drug-likeness (QED) is 0.505. The number of morpholine rings is 1. The van der Waals surface area contributed by atoms with Gasteiger partial charge in [0.2, 0.25) is 0 Å². The van der Waals surface area contributed by atoms with Gasteiger partial charge in [0.15, 0.2) is 6.10 Å². The Balaban J connectivity index is 1.52. The molecule has 4 rings (SSSR count). The number of amides is 2. The number of carbonyl (C=O) groups excluding carboxylic acids is 2. The SMILES string of the molecule is COCCCn1nc(CN(C(=O)[C@H]2CN(C(=O)OC(C)(C)C)CCO2)C2CC2)c2cc(Cl)ccc21. The first-order valence-electron chi connectivity index (χ1n) is 12.2. The van der Waals surface area contributed by atoms with Crippen LogP contribution in [-0.4, -0.2) is 82.7 Å². The minimum Gasteiger partial charge on any atom is -0.444 e. The summed E-state index contributed by atoms with van der Waals surface area (Å²) in [4.78, 5) is 29.6. The van der Waals surface area contributed by atoms with Crippen LogP contribution in [0, 0.1) is 0 Å². The van der Waals surface area contributed by atoms with Gasteiger partial charge < -0.3 is 24.0 Å². The van der Waals surface area contributed by atoms with Crippen molar-refractivity contribution in [2.75, 3.05) is 33.4 Å². The lowest BCUT2D eigenvalue weighted by atomic mass is 10.1. The second kappa shape index (κ2) is 10.7. The minimum atomic E-state index is -0.726. The molecule has 1 aromatic heterocycles. The fourth-order valence-electron chi connectivity index (χ4n) is 4.27. The first-order chi connectivity index (χ1) is 16.7. The molecule has 0 bridgehead atoms. The van der Waals surface area contributed by atoms with Crippen LogP contribution in [0.4, 0.5) is 4.79 Å². The highest BCUT2D eigenvalue weighted by Crippen LogP contribution is 2.32. The number of hydrogen-bond acceptors (Lipinski definition) is 6. The van der Waals surface area contributed by atoms with Crippen molar-refractivity contribution in [3.63, 3.8) is 0 Å². The molecule has 192 valence electrons. The number of aromatic nitrogens is 2. The van der Waals surface area contributed by atoms with Gasteiger partial charge in [0.05, 0.1) is 30.9 Å². The van der Waals surface area contributed by atoms with Crippen LogP contribution < -0.4 is 0 Å². The van der Waals surface area contributed by atoms with Crippen molar-refractivity contribution >= 4 is 34.5 Å². The van der Waals surface area contributed by atoms with E-state index in [0.717, 1.165) is 35.9 Å². The van der Waals surface area contributed by atoms with Crippen LogP contribution in [0.5, 0.6) is 0 Å². The number of rotatable bonds is 8. The first-order valence-corrected chi connectivity index (χ1v) is 12.6. The average Bonchev–Trinajstić information content (AvgIpc) is 3.59. The van der Waals surface area contributed by atoms with Crippen molar-refractivity contribution in [1.82, 2.24) is 19.6 Å². The van der Waals surface area contributed by atoms with Gasteiger partial charge in [-0.2, -0.15) is 5.10 Å². The predicted molar refractivity (Wildman–Crippen MR) is 132 cm³/mol. The number of hydrogen-bond donors (Lipinski definition) is 0. The number of halogens is 1. The summed E-state index contributed by atoms with van der Waals surface area (Å²) in [6.45, 7) is 8.07. The molecule has 2 amide bonds. The van der Waals surface area contributed by atoms with E-state index in [1.807, 2.05) is 48.6 Å². The minimum absolute atomic E-state index is 0.120. The van der Waals surface area contributed by atoms with Crippen LogP contribution in [0.1, 0.15) is 45.7 Å².